The summed E-state index contributed by atoms with van der Waals surface area (Å²) in [4.78, 5) is 0. The van der Waals surface area contributed by atoms with Crippen LogP contribution in [0.5, 0.6) is 0 Å². The Morgan fingerprint density at radius 2 is 1.88 bits per heavy atom. The lowest BCUT2D eigenvalue weighted by molar-refractivity contribution is 0.0860. The van der Waals surface area contributed by atoms with Gasteiger partial charge in [-0.3, -0.25) is 0 Å². The second kappa shape index (κ2) is 5.98. The molecule has 5 heteroatoms. The van der Waals surface area contributed by atoms with Gasteiger partial charge in [0, 0.05) is 12.4 Å². The lowest BCUT2D eigenvalue weighted by atomic mass is 9.77. The van der Waals surface area contributed by atoms with E-state index in [0.717, 1.165) is 25.9 Å². The second-order valence-electron chi connectivity index (χ2n) is 4.81. The third kappa shape index (κ3) is 4.03. The SMILES string of the molecule is CCCS(=O)(=O)CCC1(CO)CCNCC1. The molecule has 0 aromatic heterocycles. The van der Waals surface area contributed by atoms with Crippen molar-refractivity contribution in [2.75, 3.05) is 31.2 Å². The van der Waals surface area contributed by atoms with Crippen molar-refractivity contribution < 1.29 is 13.5 Å². The quantitative estimate of drug-likeness (QED) is 0.722. The standard InChI is InChI=1S/C11H23NO3S/c1-2-8-16(14,15)9-5-11(10-13)3-6-12-7-4-11/h12-13H,2-10H2,1H3. The topological polar surface area (TPSA) is 66.4 Å². The highest BCUT2D eigenvalue weighted by molar-refractivity contribution is 7.91. The minimum Gasteiger partial charge on any atom is -0.396 e. The first-order valence-electron chi connectivity index (χ1n) is 6.06. The molecule has 0 radical (unpaired) electrons. The van der Waals surface area contributed by atoms with Gasteiger partial charge < -0.3 is 10.4 Å². The van der Waals surface area contributed by atoms with Gasteiger partial charge in [0.1, 0.15) is 9.84 Å². The molecule has 0 aromatic rings. The summed E-state index contributed by atoms with van der Waals surface area (Å²) in [6, 6.07) is 0. The van der Waals surface area contributed by atoms with Crippen molar-refractivity contribution in [3.63, 3.8) is 0 Å². The summed E-state index contributed by atoms with van der Waals surface area (Å²) in [5.74, 6) is 0.494. The lowest BCUT2D eigenvalue weighted by Crippen LogP contribution is -2.40. The van der Waals surface area contributed by atoms with Gasteiger partial charge in [-0.15, -0.1) is 0 Å². The van der Waals surface area contributed by atoms with Gasteiger partial charge in [0.2, 0.25) is 0 Å². The van der Waals surface area contributed by atoms with Crippen molar-refractivity contribution >= 4 is 9.84 Å². The number of rotatable bonds is 6. The average Bonchev–Trinajstić information content (AvgIpc) is 2.28. The van der Waals surface area contributed by atoms with Crippen LogP contribution in [0.2, 0.25) is 0 Å². The van der Waals surface area contributed by atoms with E-state index in [1.165, 1.54) is 0 Å². The molecular formula is C11H23NO3S. The van der Waals surface area contributed by atoms with E-state index in [2.05, 4.69) is 5.32 Å². The van der Waals surface area contributed by atoms with E-state index in [4.69, 9.17) is 0 Å². The predicted octanol–water partition coefficient (Wildman–Crippen LogP) is 0.563. The van der Waals surface area contributed by atoms with Crippen molar-refractivity contribution in [1.29, 1.82) is 0 Å². The molecule has 0 spiro atoms. The van der Waals surface area contributed by atoms with Gasteiger partial charge in [-0.1, -0.05) is 6.92 Å². The summed E-state index contributed by atoms with van der Waals surface area (Å²) >= 11 is 0. The smallest absolute Gasteiger partial charge is 0.150 e. The van der Waals surface area contributed by atoms with E-state index in [1.807, 2.05) is 6.92 Å². The second-order valence-corrected chi connectivity index (χ2v) is 7.11. The zero-order chi connectivity index (χ0) is 12.1. The van der Waals surface area contributed by atoms with E-state index in [0.29, 0.717) is 12.8 Å². The Bertz CT molecular complexity index is 294. The molecule has 96 valence electrons. The fourth-order valence-corrected chi connectivity index (χ4v) is 3.80. The molecule has 1 heterocycles. The first-order valence-corrected chi connectivity index (χ1v) is 7.88. The van der Waals surface area contributed by atoms with E-state index in [1.54, 1.807) is 0 Å². The minimum atomic E-state index is -2.91. The minimum absolute atomic E-state index is 0.107. The molecule has 0 aliphatic carbocycles. The van der Waals surface area contributed by atoms with Gasteiger partial charge in [0.25, 0.3) is 0 Å². The maximum atomic E-state index is 11.6. The van der Waals surface area contributed by atoms with Crippen LogP contribution < -0.4 is 5.32 Å². The largest absolute Gasteiger partial charge is 0.396 e. The van der Waals surface area contributed by atoms with Gasteiger partial charge in [0.15, 0.2) is 0 Å². The summed E-state index contributed by atoms with van der Waals surface area (Å²) in [6.45, 7) is 3.75. The van der Waals surface area contributed by atoms with Crippen molar-refractivity contribution in [3.05, 3.63) is 0 Å². The fraction of sp³-hybridized carbons (Fsp3) is 1.00. The van der Waals surface area contributed by atoms with Crippen molar-refractivity contribution in [3.8, 4) is 0 Å². The van der Waals surface area contributed by atoms with E-state index < -0.39 is 9.84 Å². The van der Waals surface area contributed by atoms with Crippen LogP contribution in [0.15, 0.2) is 0 Å². The molecule has 1 saturated heterocycles. The van der Waals surface area contributed by atoms with Crippen LogP contribution in [0.25, 0.3) is 0 Å². The normalized spacial score (nSPS) is 20.9. The third-order valence-electron chi connectivity index (χ3n) is 3.46. The number of sulfone groups is 1. The van der Waals surface area contributed by atoms with Crippen LogP contribution in [0.1, 0.15) is 32.6 Å². The summed E-state index contributed by atoms with van der Waals surface area (Å²) in [5, 5.41) is 12.7. The predicted molar refractivity (Wildman–Crippen MR) is 65.2 cm³/mol. The zero-order valence-corrected chi connectivity index (χ0v) is 10.9. The molecule has 1 aliphatic rings. The van der Waals surface area contributed by atoms with Gasteiger partial charge in [-0.05, 0) is 44.2 Å². The van der Waals surface area contributed by atoms with Crippen molar-refractivity contribution in [2.45, 2.75) is 32.6 Å². The van der Waals surface area contributed by atoms with E-state index in [9.17, 15) is 13.5 Å². The van der Waals surface area contributed by atoms with Gasteiger partial charge in [-0.2, -0.15) is 0 Å². The van der Waals surface area contributed by atoms with E-state index in [-0.39, 0.29) is 23.5 Å². The molecule has 0 bridgehead atoms. The van der Waals surface area contributed by atoms with Crippen LogP contribution in [0.3, 0.4) is 0 Å². The Hall–Kier alpha value is -0.130. The van der Waals surface area contributed by atoms with Crippen LogP contribution in [0.4, 0.5) is 0 Å². The first kappa shape index (κ1) is 13.9. The maximum absolute atomic E-state index is 11.6. The Labute approximate surface area is 98.4 Å². The van der Waals surface area contributed by atoms with Crippen molar-refractivity contribution in [2.24, 2.45) is 5.41 Å². The Kier molecular flexibility index (Phi) is 5.21. The molecule has 16 heavy (non-hydrogen) atoms. The molecule has 4 nitrogen and oxygen atoms in total. The van der Waals surface area contributed by atoms with Gasteiger partial charge in [0.05, 0.1) is 5.75 Å². The molecule has 1 aliphatic heterocycles. The average molecular weight is 249 g/mol. The number of hydrogen-bond acceptors (Lipinski definition) is 4. The van der Waals surface area contributed by atoms with Crippen molar-refractivity contribution in [1.82, 2.24) is 5.32 Å². The van der Waals surface area contributed by atoms with E-state index >= 15 is 0 Å². The summed E-state index contributed by atoms with van der Waals surface area (Å²) in [6.07, 6.45) is 3.04. The maximum Gasteiger partial charge on any atom is 0.150 e. The van der Waals surface area contributed by atoms with Crippen LogP contribution >= 0.6 is 0 Å². The van der Waals surface area contributed by atoms with Gasteiger partial charge in [-0.25, -0.2) is 8.42 Å². The molecule has 0 amide bonds. The first-order chi connectivity index (χ1) is 7.54. The number of hydrogen-bond donors (Lipinski definition) is 2. The molecule has 0 saturated carbocycles. The summed E-state index contributed by atoms with van der Waals surface area (Å²) < 4.78 is 23.3. The van der Waals surface area contributed by atoms with Crippen LogP contribution in [-0.2, 0) is 9.84 Å². The Balaban J connectivity index is 2.50. The van der Waals surface area contributed by atoms with Crippen LogP contribution in [-0.4, -0.2) is 44.7 Å². The third-order valence-corrected chi connectivity index (χ3v) is 5.31. The van der Waals surface area contributed by atoms with Crippen LogP contribution in [0, 0.1) is 5.41 Å². The summed E-state index contributed by atoms with van der Waals surface area (Å²) in [7, 11) is -2.91. The molecule has 0 atom stereocenters. The highest BCUT2D eigenvalue weighted by Gasteiger charge is 2.32. The fourth-order valence-electron chi connectivity index (χ4n) is 2.23. The number of aliphatic hydroxyl groups is 1. The van der Waals surface area contributed by atoms with Gasteiger partial charge >= 0.3 is 0 Å². The number of piperidine rings is 1. The molecular weight excluding hydrogens is 226 g/mol. The molecule has 1 fully saturated rings. The molecule has 0 aromatic carbocycles. The highest BCUT2D eigenvalue weighted by Crippen LogP contribution is 2.32. The zero-order valence-electron chi connectivity index (χ0n) is 10.0. The monoisotopic (exact) mass is 249 g/mol. The molecule has 0 unspecified atom stereocenters. The number of aliphatic hydroxyl groups excluding tert-OH is 1. The summed E-state index contributed by atoms with van der Waals surface area (Å²) in [5.41, 5.74) is -0.161. The Morgan fingerprint density at radius 3 is 2.38 bits per heavy atom. The highest BCUT2D eigenvalue weighted by atomic mass is 32.2. The molecule has 1 rings (SSSR count). The lowest BCUT2D eigenvalue weighted by Gasteiger charge is -2.35. The molecule has 2 N–H and O–H groups in total. The number of nitrogens with one attached hydrogen (secondary N) is 1. The Morgan fingerprint density at radius 1 is 1.25 bits per heavy atom.